The molecule has 0 bridgehead atoms. The second-order valence-corrected chi connectivity index (χ2v) is 19.3. The fraction of sp³-hybridized carbons (Fsp3) is 0. The van der Waals surface area contributed by atoms with Gasteiger partial charge in [0.1, 0.15) is 0 Å². The van der Waals surface area contributed by atoms with Gasteiger partial charge in [-0.1, -0.05) is 95.3 Å². The van der Waals surface area contributed by atoms with Crippen LogP contribution in [-0.4, -0.2) is 0 Å². The van der Waals surface area contributed by atoms with Crippen LogP contribution in [0.1, 0.15) is 0 Å². The van der Waals surface area contributed by atoms with Crippen molar-refractivity contribution in [3.8, 4) is 0 Å². The lowest BCUT2D eigenvalue weighted by molar-refractivity contribution is 1.78. The lowest BCUT2D eigenvalue weighted by atomic mass is 10.4. The monoisotopic (exact) mass is 346 g/mol. The smallest absolute Gasteiger partial charge is 0.0868 e. The lowest BCUT2D eigenvalue weighted by Gasteiger charge is -2.16. The van der Waals surface area contributed by atoms with E-state index in [2.05, 4.69) is 24.3 Å². The van der Waals surface area contributed by atoms with E-state index in [0.717, 1.165) is 5.30 Å². The number of rotatable bonds is 4. The Bertz CT molecular complexity index is 584. The Labute approximate surface area is 128 Å². The molecule has 2 aromatic rings. The van der Waals surface area contributed by atoms with Gasteiger partial charge in [-0.25, -0.2) is 0 Å². The van der Waals surface area contributed by atoms with Gasteiger partial charge in [0.05, 0.1) is 4.44 Å². The highest BCUT2D eigenvalue weighted by atomic mass is 33.4. The summed E-state index contributed by atoms with van der Waals surface area (Å²) in [7, 11) is 0. The third-order valence-corrected chi connectivity index (χ3v) is 19.0. The van der Waals surface area contributed by atoms with Gasteiger partial charge in [-0.15, -0.1) is 12.2 Å². The first-order valence-corrected chi connectivity index (χ1v) is 14.0. The Kier molecular flexibility index (Phi) is 5.56. The predicted molar refractivity (Wildman–Crippen MR) is 98.7 cm³/mol. The van der Waals surface area contributed by atoms with E-state index in [1.807, 2.05) is 36.4 Å². The zero-order valence-corrected chi connectivity index (χ0v) is 14.6. The average molecular weight is 346 g/mol. The van der Waals surface area contributed by atoms with Gasteiger partial charge in [0, 0.05) is 11.2 Å². The molecule has 0 nitrogen and oxygen atoms in total. The van der Waals surface area contributed by atoms with Crippen LogP contribution in [0.3, 0.4) is 0 Å². The Hall–Kier alpha value is 0.440. The van der Waals surface area contributed by atoms with E-state index in [0.29, 0.717) is 0 Å². The van der Waals surface area contributed by atoms with Crippen molar-refractivity contribution >= 4 is 67.8 Å². The van der Waals surface area contributed by atoms with Crippen LogP contribution in [0.2, 0.25) is 0 Å². The fourth-order valence-corrected chi connectivity index (χ4v) is 20.0. The molecule has 0 fully saturated rings. The average Bonchev–Trinajstić information content (AvgIpc) is 2.40. The van der Waals surface area contributed by atoms with Crippen LogP contribution in [0.5, 0.6) is 0 Å². The van der Waals surface area contributed by atoms with Crippen molar-refractivity contribution in [3.63, 3.8) is 0 Å². The van der Waals surface area contributed by atoms with Crippen LogP contribution in [0.15, 0.2) is 60.7 Å². The standard InChI is InChI=1S/C12H12P2S4/c15-13(11-7-3-1-4-8-11)18-14(16,17)12-9-5-2-6-10-12/h1-10,13H,(H,16,17). The maximum absolute atomic E-state index is 5.68. The maximum Gasteiger partial charge on any atom is 0.0868 e. The Balaban J connectivity index is 2.19. The summed E-state index contributed by atoms with van der Waals surface area (Å²) in [5, 5.41) is 2.36. The molecule has 0 spiro atoms. The molecule has 0 aromatic heterocycles. The van der Waals surface area contributed by atoms with E-state index in [1.54, 1.807) is 11.0 Å². The number of hydrogen-bond donors (Lipinski definition) is 1. The van der Waals surface area contributed by atoms with Crippen LogP contribution in [0.25, 0.3) is 0 Å². The zero-order valence-electron chi connectivity index (χ0n) is 9.39. The predicted octanol–water partition coefficient (Wildman–Crippen LogP) is 4.20. The molecule has 0 aliphatic heterocycles. The SMILES string of the molecule is S=[PH](SP(=S)(S)c1ccccc1)c1ccccc1. The summed E-state index contributed by atoms with van der Waals surface area (Å²) in [4.78, 5) is 0. The van der Waals surface area contributed by atoms with E-state index in [9.17, 15) is 0 Å². The van der Waals surface area contributed by atoms with Gasteiger partial charge in [0.15, 0.2) is 0 Å². The van der Waals surface area contributed by atoms with Crippen molar-refractivity contribution in [2.45, 2.75) is 0 Å². The van der Waals surface area contributed by atoms with E-state index in [1.165, 1.54) is 5.30 Å². The lowest BCUT2D eigenvalue weighted by Crippen LogP contribution is -1.97. The van der Waals surface area contributed by atoms with Crippen molar-refractivity contribution in [2.24, 2.45) is 0 Å². The van der Waals surface area contributed by atoms with Crippen LogP contribution < -0.4 is 10.6 Å². The highest BCUT2D eigenvalue weighted by Gasteiger charge is 2.17. The summed E-state index contributed by atoms with van der Waals surface area (Å²) in [5.41, 5.74) is 0. The van der Waals surface area contributed by atoms with Gasteiger partial charge in [-0.05, 0) is 5.30 Å². The van der Waals surface area contributed by atoms with Crippen LogP contribution in [0, 0.1) is 0 Å². The Morgan fingerprint density at radius 3 is 2.00 bits per heavy atom. The summed E-state index contributed by atoms with van der Waals surface area (Å²) >= 11 is 17.7. The fourth-order valence-electron chi connectivity index (χ4n) is 1.41. The minimum absolute atomic E-state index is 1.10. The largest absolute Gasteiger partial charge is 0.127 e. The molecule has 2 atom stereocenters. The zero-order chi connectivity index (χ0) is 13.0. The molecular weight excluding hydrogens is 334 g/mol. The molecule has 0 saturated heterocycles. The molecule has 0 aliphatic rings. The molecule has 0 heterocycles. The normalized spacial score (nSPS) is 15.8. The topological polar surface area (TPSA) is 0 Å². The van der Waals surface area contributed by atoms with Gasteiger partial charge in [0.2, 0.25) is 0 Å². The first-order chi connectivity index (χ1) is 8.59. The molecule has 6 heteroatoms. The van der Waals surface area contributed by atoms with Crippen molar-refractivity contribution in [1.29, 1.82) is 0 Å². The third kappa shape index (κ3) is 3.96. The second kappa shape index (κ2) is 6.74. The Morgan fingerprint density at radius 2 is 1.44 bits per heavy atom. The number of benzene rings is 2. The van der Waals surface area contributed by atoms with Gasteiger partial charge in [-0.2, -0.15) is 0 Å². The molecule has 0 N–H and O–H groups in total. The minimum Gasteiger partial charge on any atom is -0.127 e. The minimum atomic E-state index is -1.88. The number of thiol groups is 1. The summed E-state index contributed by atoms with van der Waals surface area (Å²) in [6.07, 6.45) is 0. The van der Waals surface area contributed by atoms with Gasteiger partial charge in [-0.3, -0.25) is 0 Å². The highest BCUT2D eigenvalue weighted by Crippen LogP contribution is 2.71. The summed E-state index contributed by atoms with van der Waals surface area (Å²) in [6, 6.07) is 20.3. The molecule has 0 amide bonds. The quantitative estimate of drug-likeness (QED) is 0.651. The van der Waals surface area contributed by atoms with Crippen molar-refractivity contribution in [1.82, 2.24) is 0 Å². The summed E-state index contributed by atoms with van der Waals surface area (Å²) in [5.74, 6) is -1.10. The molecule has 0 radical (unpaired) electrons. The molecule has 0 aliphatic carbocycles. The molecule has 2 rings (SSSR count). The van der Waals surface area contributed by atoms with E-state index < -0.39 is 10.3 Å². The molecule has 2 unspecified atom stereocenters. The molecular formula is C12H12P2S4. The van der Waals surface area contributed by atoms with Crippen LogP contribution in [-0.2, 0) is 23.6 Å². The van der Waals surface area contributed by atoms with Gasteiger partial charge in [0.25, 0.3) is 0 Å². The molecule has 0 saturated carbocycles. The van der Waals surface area contributed by atoms with Crippen molar-refractivity contribution < 1.29 is 0 Å². The first-order valence-electron chi connectivity index (χ1n) is 5.27. The van der Waals surface area contributed by atoms with Crippen molar-refractivity contribution in [2.75, 3.05) is 0 Å². The Morgan fingerprint density at radius 1 is 0.944 bits per heavy atom. The third-order valence-electron chi connectivity index (χ3n) is 2.30. The summed E-state index contributed by atoms with van der Waals surface area (Å²) in [6.45, 7) is 0. The van der Waals surface area contributed by atoms with Crippen molar-refractivity contribution in [3.05, 3.63) is 60.7 Å². The molecule has 2 aromatic carbocycles. The second-order valence-electron chi connectivity index (χ2n) is 3.60. The van der Waals surface area contributed by atoms with E-state index in [4.69, 9.17) is 35.9 Å². The summed E-state index contributed by atoms with van der Waals surface area (Å²) < 4.78 is -1.88. The van der Waals surface area contributed by atoms with Crippen LogP contribution >= 0.6 is 33.6 Å². The van der Waals surface area contributed by atoms with E-state index >= 15 is 0 Å². The van der Waals surface area contributed by atoms with E-state index in [-0.39, 0.29) is 0 Å². The maximum atomic E-state index is 5.68. The van der Waals surface area contributed by atoms with Gasteiger partial charge < -0.3 is 0 Å². The van der Waals surface area contributed by atoms with Gasteiger partial charge >= 0.3 is 0 Å². The highest BCUT2D eigenvalue weighted by molar-refractivity contribution is 9.12. The van der Waals surface area contributed by atoms with Crippen LogP contribution in [0.4, 0.5) is 0 Å². The number of hydrogen-bond acceptors (Lipinski definition) is 3. The first kappa shape index (κ1) is 14.8. The molecule has 18 heavy (non-hydrogen) atoms. The molecule has 94 valence electrons.